The van der Waals surface area contributed by atoms with E-state index < -0.39 is 6.04 Å². The van der Waals surface area contributed by atoms with Crippen LogP contribution in [0, 0.1) is 0 Å². The Morgan fingerprint density at radius 1 is 1.38 bits per heavy atom. The highest BCUT2D eigenvalue weighted by molar-refractivity contribution is 5.78. The largest absolute Gasteiger partial charge is 0.394 e. The molecule has 0 unspecified atom stereocenters. The Morgan fingerprint density at radius 2 is 2.14 bits per heavy atom. The Morgan fingerprint density at radius 3 is 2.81 bits per heavy atom. The van der Waals surface area contributed by atoms with E-state index in [0.717, 1.165) is 19.3 Å². The van der Waals surface area contributed by atoms with Gasteiger partial charge in [0.2, 0.25) is 5.91 Å². The fourth-order valence-electron chi connectivity index (χ4n) is 2.41. The van der Waals surface area contributed by atoms with Gasteiger partial charge < -0.3 is 14.6 Å². The number of rotatable bonds is 10. The first-order valence-electron chi connectivity index (χ1n) is 7.80. The molecule has 2 atom stereocenters. The average Bonchev–Trinajstić information content (AvgIpc) is 2.51. The molecule has 0 aromatic heterocycles. The van der Waals surface area contributed by atoms with Crippen LogP contribution in [-0.2, 0) is 14.3 Å². The van der Waals surface area contributed by atoms with Gasteiger partial charge in [0.25, 0.3) is 0 Å². The van der Waals surface area contributed by atoms with Crippen LogP contribution < -0.4 is 0 Å². The number of unbranched alkanes of at least 4 members (excludes halogenated alkanes) is 4. The van der Waals surface area contributed by atoms with Crippen LogP contribution in [0.3, 0.4) is 0 Å². The highest BCUT2D eigenvalue weighted by Gasteiger charge is 2.33. The number of ether oxygens (including phenoxy) is 2. The Kier molecular flexibility index (Phi) is 9.21. The normalized spacial score (nSPS) is 21.8. The number of hydrogen-bond donors (Lipinski definition) is 1. The van der Waals surface area contributed by atoms with Crippen molar-refractivity contribution in [2.75, 3.05) is 20.5 Å². The average molecular weight is 300 g/mol. The molecule has 0 aromatic carbocycles. The summed E-state index contributed by atoms with van der Waals surface area (Å²) in [7, 11) is 1.55. The number of carbonyl (C=O) groups excluding carboxylic acids is 1. The molecule has 0 bridgehead atoms. The van der Waals surface area contributed by atoms with E-state index in [1.807, 2.05) is 0 Å². The Labute approximate surface area is 127 Å². The van der Waals surface area contributed by atoms with E-state index in [1.165, 1.54) is 17.9 Å². The monoisotopic (exact) mass is 300 g/mol. The van der Waals surface area contributed by atoms with Crippen LogP contribution in [0.1, 0.15) is 51.9 Å². The van der Waals surface area contributed by atoms with Crippen molar-refractivity contribution in [3.05, 3.63) is 0 Å². The summed E-state index contributed by atoms with van der Waals surface area (Å²) in [4.78, 5) is 12.2. The van der Waals surface area contributed by atoms with Crippen molar-refractivity contribution < 1.29 is 19.4 Å². The van der Waals surface area contributed by atoms with E-state index in [1.54, 1.807) is 13.3 Å². The fourth-order valence-corrected chi connectivity index (χ4v) is 2.41. The minimum absolute atomic E-state index is 0.0486. The third-order valence-corrected chi connectivity index (χ3v) is 3.62. The lowest BCUT2D eigenvalue weighted by Gasteiger charge is -2.34. The summed E-state index contributed by atoms with van der Waals surface area (Å²) in [5.41, 5.74) is 0. The molecule has 122 valence electrons. The van der Waals surface area contributed by atoms with Gasteiger partial charge in [0, 0.05) is 26.2 Å². The molecule has 21 heavy (non-hydrogen) atoms. The first-order valence-corrected chi connectivity index (χ1v) is 7.80. The number of methoxy groups -OCH3 is 1. The minimum atomic E-state index is -0.423. The maximum Gasteiger partial charge on any atom is 0.243 e. The molecule has 1 aliphatic rings. The molecular formula is C15H28N2O4. The van der Waals surface area contributed by atoms with Gasteiger partial charge in [-0.25, -0.2) is 5.01 Å². The van der Waals surface area contributed by atoms with E-state index in [2.05, 4.69) is 12.0 Å². The van der Waals surface area contributed by atoms with E-state index >= 15 is 0 Å². The predicted octanol–water partition coefficient (Wildman–Crippen LogP) is 1.91. The Balaban J connectivity index is 2.44. The molecule has 1 amide bonds. The van der Waals surface area contributed by atoms with Crippen LogP contribution in [0.4, 0.5) is 0 Å². The zero-order chi connectivity index (χ0) is 15.5. The van der Waals surface area contributed by atoms with Crippen molar-refractivity contribution >= 4 is 12.1 Å². The van der Waals surface area contributed by atoms with Crippen molar-refractivity contribution in [1.29, 1.82) is 0 Å². The second-order valence-electron chi connectivity index (χ2n) is 5.30. The van der Waals surface area contributed by atoms with Gasteiger partial charge in [0.1, 0.15) is 12.8 Å². The van der Waals surface area contributed by atoms with Gasteiger partial charge in [-0.1, -0.05) is 32.6 Å². The molecule has 0 radical (unpaired) electrons. The maximum atomic E-state index is 12.2. The lowest BCUT2D eigenvalue weighted by Crippen LogP contribution is -2.50. The standard InChI is InChI=1S/C15H28N2O4/c1-3-4-5-6-7-8-15(19)17-13(11-18)14(9-10-16-17)21-12-20-2/h10,13-14,18H,3-9,11-12H2,1-2H3/t13-,14+/m0/s1. The maximum absolute atomic E-state index is 12.2. The highest BCUT2D eigenvalue weighted by atomic mass is 16.7. The number of carbonyl (C=O) groups is 1. The topological polar surface area (TPSA) is 71.4 Å². The molecule has 0 aromatic rings. The van der Waals surface area contributed by atoms with Gasteiger partial charge in [0.05, 0.1) is 12.7 Å². The van der Waals surface area contributed by atoms with Gasteiger partial charge in [-0.3, -0.25) is 4.79 Å². The zero-order valence-electron chi connectivity index (χ0n) is 13.2. The molecular weight excluding hydrogens is 272 g/mol. The van der Waals surface area contributed by atoms with Gasteiger partial charge in [-0.15, -0.1) is 0 Å². The second kappa shape index (κ2) is 10.7. The van der Waals surface area contributed by atoms with Crippen molar-refractivity contribution in [2.24, 2.45) is 5.10 Å². The summed E-state index contributed by atoms with van der Waals surface area (Å²) in [5.74, 6) is -0.0486. The molecule has 6 heteroatoms. The molecule has 1 heterocycles. The number of hydrazone groups is 1. The number of aliphatic hydroxyl groups excluding tert-OH is 1. The second-order valence-corrected chi connectivity index (χ2v) is 5.30. The predicted molar refractivity (Wildman–Crippen MR) is 81.0 cm³/mol. The molecule has 0 fully saturated rings. The van der Waals surface area contributed by atoms with E-state index in [4.69, 9.17) is 9.47 Å². The lowest BCUT2D eigenvalue weighted by atomic mass is 10.1. The summed E-state index contributed by atoms with van der Waals surface area (Å²) in [5, 5.41) is 15.0. The van der Waals surface area contributed by atoms with Crippen molar-refractivity contribution in [3.63, 3.8) is 0 Å². The van der Waals surface area contributed by atoms with Gasteiger partial charge in [0.15, 0.2) is 0 Å². The molecule has 0 spiro atoms. The third-order valence-electron chi connectivity index (χ3n) is 3.62. The van der Waals surface area contributed by atoms with Crippen molar-refractivity contribution in [1.82, 2.24) is 5.01 Å². The van der Waals surface area contributed by atoms with Gasteiger partial charge >= 0.3 is 0 Å². The fraction of sp³-hybridized carbons (Fsp3) is 0.867. The number of amides is 1. The molecule has 6 nitrogen and oxygen atoms in total. The SMILES string of the molecule is CCCCCCCC(=O)N1N=CC[C@@H](OCOC)[C@@H]1CO. The van der Waals surface area contributed by atoms with Crippen LogP contribution >= 0.6 is 0 Å². The van der Waals surface area contributed by atoms with Gasteiger partial charge in [-0.2, -0.15) is 5.10 Å². The molecule has 1 aliphatic heterocycles. The molecule has 1 N–H and O–H groups in total. The van der Waals surface area contributed by atoms with Gasteiger partial charge in [-0.05, 0) is 6.42 Å². The van der Waals surface area contributed by atoms with E-state index in [0.29, 0.717) is 12.8 Å². The Hall–Kier alpha value is -0.980. The van der Waals surface area contributed by atoms with Crippen molar-refractivity contribution in [3.8, 4) is 0 Å². The first-order chi connectivity index (χ1) is 10.2. The van der Waals surface area contributed by atoms with Crippen LogP contribution in [0.15, 0.2) is 5.10 Å². The summed E-state index contributed by atoms with van der Waals surface area (Å²) < 4.78 is 10.4. The smallest absolute Gasteiger partial charge is 0.243 e. The molecule has 0 aliphatic carbocycles. The van der Waals surface area contributed by atoms with Crippen LogP contribution in [0.25, 0.3) is 0 Å². The van der Waals surface area contributed by atoms with E-state index in [-0.39, 0.29) is 25.4 Å². The number of nitrogens with zero attached hydrogens (tertiary/aromatic N) is 2. The third kappa shape index (κ3) is 6.11. The van der Waals surface area contributed by atoms with Crippen molar-refractivity contribution in [2.45, 2.75) is 64.0 Å². The highest BCUT2D eigenvalue weighted by Crippen LogP contribution is 2.18. The first kappa shape index (κ1) is 18.1. The summed E-state index contributed by atoms with van der Waals surface area (Å²) >= 11 is 0. The van der Waals surface area contributed by atoms with E-state index in [9.17, 15) is 9.90 Å². The van der Waals surface area contributed by atoms with Crippen LogP contribution in [-0.4, -0.2) is 54.9 Å². The van der Waals surface area contributed by atoms with Crippen LogP contribution in [0.2, 0.25) is 0 Å². The minimum Gasteiger partial charge on any atom is -0.394 e. The quantitative estimate of drug-likeness (QED) is 0.494. The van der Waals surface area contributed by atoms with Crippen LogP contribution in [0.5, 0.6) is 0 Å². The lowest BCUT2D eigenvalue weighted by molar-refractivity contribution is -0.146. The molecule has 0 saturated heterocycles. The summed E-state index contributed by atoms with van der Waals surface area (Å²) in [6.45, 7) is 2.15. The number of aliphatic hydroxyl groups is 1. The Bertz CT molecular complexity index is 323. The summed E-state index contributed by atoms with van der Waals surface area (Å²) in [6.07, 6.45) is 7.94. The summed E-state index contributed by atoms with van der Waals surface area (Å²) in [6, 6.07) is -0.423. The molecule has 1 rings (SSSR count). The number of hydrogen-bond acceptors (Lipinski definition) is 5. The molecule has 0 saturated carbocycles. The zero-order valence-corrected chi connectivity index (χ0v) is 13.2.